The molecular formula is C19H18N2O3S. The molecule has 2 aromatic carbocycles. The van der Waals surface area contributed by atoms with Gasteiger partial charge < -0.3 is 9.47 Å². The van der Waals surface area contributed by atoms with Gasteiger partial charge in [0.2, 0.25) is 0 Å². The second-order valence-electron chi connectivity index (χ2n) is 5.25. The van der Waals surface area contributed by atoms with Crippen LogP contribution in [0.2, 0.25) is 0 Å². The van der Waals surface area contributed by atoms with Gasteiger partial charge in [-0.2, -0.15) is 0 Å². The van der Waals surface area contributed by atoms with E-state index in [2.05, 4.69) is 10.3 Å². The molecule has 0 atom stereocenters. The molecule has 0 saturated heterocycles. The number of aryl methyl sites for hydroxylation is 1. The number of para-hydroxylation sites is 2. The molecule has 0 unspecified atom stereocenters. The molecular weight excluding hydrogens is 336 g/mol. The summed E-state index contributed by atoms with van der Waals surface area (Å²) < 4.78 is 11.3. The molecule has 0 spiro atoms. The van der Waals surface area contributed by atoms with Gasteiger partial charge in [0.1, 0.15) is 24.7 Å². The van der Waals surface area contributed by atoms with Crippen LogP contribution < -0.4 is 14.8 Å². The Kier molecular flexibility index (Phi) is 5.64. The Bertz CT molecular complexity index is 833. The van der Waals surface area contributed by atoms with Gasteiger partial charge in [0, 0.05) is 5.38 Å². The number of ether oxygens (including phenoxy) is 2. The van der Waals surface area contributed by atoms with Gasteiger partial charge in [-0.15, -0.1) is 11.3 Å². The number of carbonyl (C=O) groups is 1. The van der Waals surface area contributed by atoms with E-state index in [-0.39, 0.29) is 5.91 Å². The second-order valence-corrected chi connectivity index (χ2v) is 6.11. The van der Waals surface area contributed by atoms with E-state index in [1.807, 2.05) is 48.7 Å². The maximum absolute atomic E-state index is 12.4. The summed E-state index contributed by atoms with van der Waals surface area (Å²) in [4.78, 5) is 16.7. The first-order valence-electron chi connectivity index (χ1n) is 7.85. The lowest BCUT2D eigenvalue weighted by Crippen LogP contribution is -2.15. The molecule has 128 valence electrons. The summed E-state index contributed by atoms with van der Waals surface area (Å²) >= 11 is 1.39. The van der Waals surface area contributed by atoms with E-state index >= 15 is 0 Å². The average molecular weight is 354 g/mol. The normalized spacial score (nSPS) is 10.3. The van der Waals surface area contributed by atoms with Crippen LogP contribution in [0.5, 0.6) is 11.5 Å². The van der Waals surface area contributed by atoms with Crippen LogP contribution in [0.15, 0.2) is 60.0 Å². The number of anilines is 1. The van der Waals surface area contributed by atoms with Crippen molar-refractivity contribution in [2.75, 3.05) is 18.5 Å². The summed E-state index contributed by atoms with van der Waals surface area (Å²) in [6, 6.07) is 16.7. The van der Waals surface area contributed by atoms with Crippen LogP contribution in [0, 0.1) is 6.92 Å². The molecule has 0 aliphatic heterocycles. The molecule has 0 radical (unpaired) electrons. The zero-order chi connectivity index (χ0) is 17.5. The fraction of sp³-hybridized carbons (Fsp3) is 0.158. The third-order valence-corrected chi connectivity index (χ3v) is 4.20. The Morgan fingerprint density at radius 3 is 2.52 bits per heavy atom. The molecule has 3 aromatic rings. The van der Waals surface area contributed by atoms with Crippen LogP contribution in [0.1, 0.15) is 16.1 Å². The van der Waals surface area contributed by atoms with E-state index in [1.165, 1.54) is 11.3 Å². The van der Waals surface area contributed by atoms with Crippen LogP contribution in [-0.2, 0) is 0 Å². The van der Waals surface area contributed by atoms with Crippen LogP contribution in [0.25, 0.3) is 0 Å². The van der Waals surface area contributed by atoms with Gasteiger partial charge in [-0.05, 0) is 31.2 Å². The smallest absolute Gasteiger partial charge is 0.261 e. The van der Waals surface area contributed by atoms with Crippen molar-refractivity contribution in [3.05, 3.63) is 71.2 Å². The molecule has 0 fully saturated rings. The largest absolute Gasteiger partial charge is 0.490 e. The molecule has 1 N–H and O–H groups in total. The molecule has 0 aliphatic carbocycles. The first-order chi connectivity index (χ1) is 12.2. The van der Waals surface area contributed by atoms with Crippen molar-refractivity contribution in [2.45, 2.75) is 6.92 Å². The number of benzene rings is 2. The maximum Gasteiger partial charge on any atom is 0.261 e. The summed E-state index contributed by atoms with van der Waals surface area (Å²) in [7, 11) is 0. The lowest BCUT2D eigenvalue weighted by Gasteiger charge is -2.11. The Morgan fingerprint density at radius 1 is 1.04 bits per heavy atom. The van der Waals surface area contributed by atoms with Crippen LogP contribution in [0.3, 0.4) is 0 Å². The van der Waals surface area contributed by atoms with Gasteiger partial charge in [-0.1, -0.05) is 30.3 Å². The molecule has 1 heterocycles. The highest BCUT2D eigenvalue weighted by molar-refractivity contribution is 7.13. The number of thiazole rings is 1. The van der Waals surface area contributed by atoms with E-state index in [4.69, 9.17) is 9.47 Å². The molecule has 6 heteroatoms. The van der Waals surface area contributed by atoms with Gasteiger partial charge in [0.25, 0.3) is 5.91 Å². The SMILES string of the molecule is Cc1csc(NC(=O)c2ccccc2OCCOc2ccccc2)n1. The molecule has 1 amide bonds. The Balaban J connectivity index is 1.57. The van der Waals surface area contributed by atoms with Crippen molar-refractivity contribution in [3.8, 4) is 11.5 Å². The quantitative estimate of drug-likeness (QED) is 0.647. The highest BCUT2D eigenvalue weighted by Gasteiger charge is 2.13. The Hall–Kier alpha value is -2.86. The average Bonchev–Trinajstić information content (AvgIpc) is 3.04. The minimum atomic E-state index is -0.242. The molecule has 5 nitrogen and oxygen atoms in total. The van der Waals surface area contributed by atoms with Crippen molar-refractivity contribution in [2.24, 2.45) is 0 Å². The monoisotopic (exact) mass is 354 g/mol. The fourth-order valence-corrected chi connectivity index (χ4v) is 2.87. The van der Waals surface area contributed by atoms with E-state index in [0.29, 0.717) is 29.7 Å². The van der Waals surface area contributed by atoms with Crippen LogP contribution in [0.4, 0.5) is 5.13 Å². The minimum Gasteiger partial charge on any atom is -0.490 e. The fourth-order valence-electron chi connectivity index (χ4n) is 2.18. The van der Waals surface area contributed by atoms with Crippen molar-refractivity contribution < 1.29 is 14.3 Å². The molecule has 0 bridgehead atoms. The minimum absolute atomic E-state index is 0.242. The molecule has 0 saturated carbocycles. The lowest BCUT2D eigenvalue weighted by molar-refractivity contribution is 0.102. The molecule has 25 heavy (non-hydrogen) atoms. The van der Waals surface area contributed by atoms with Crippen molar-refractivity contribution in [1.29, 1.82) is 0 Å². The second kappa shape index (κ2) is 8.30. The summed E-state index contributed by atoms with van der Waals surface area (Å²) in [5, 5.41) is 5.25. The van der Waals surface area contributed by atoms with Gasteiger partial charge in [-0.3, -0.25) is 10.1 Å². The lowest BCUT2D eigenvalue weighted by atomic mass is 10.2. The summed E-state index contributed by atoms with van der Waals surface area (Å²) in [5.41, 5.74) is 1.35. The predicted octanol–water partition coefficient (Wildman–Crippen LogP) is 4.16. The number of hydrogen-bond donors (Lipinski definition) is 1. The predicted molar refractivity (Wildman–Crippen MR) is 98.7 cm³/mol. The number of nitrogens with one attached hydrogen (secondary N) is 1. The van der Waals surface area contributed by atoms with E-state index < -0.39 is 0 Å². The van der Waals surface area contributed by atoms with Crippen molar-refractivity contribution in [1.82, 2.24) is 4.98 Å². The van der Waals surface area contributed by atoms with Crippen LogP contribution >= 0.6 is 11.3 Å². The van der Waals surface area contributed by atoms with Gasteiger partial charge >= 0.3 is 0 Å². The van der Waals surface area contributed by atoms with Crippen LogP contribution in [-0.4, -0.2) is 24.1 Å². The summed E-state index contributed by atoms with van der Waals surface area (Å²) in [6.07, 6.45) is 0. The van der Waals surface area contributed by atoms with Crippen molar-refractivity contribution in [3.63, 3.8) is 0 Å². The maximum atomic E-state index is 12.4. The van der Waals surface area contributed by atoms with E-state index in [1.54, 1.807) is 18.2 Å². The highest BCUT2D eigenvalue weighted by atomic mass is 32.1. The Morgan fingerprint density at radius 2 is 1.76 bits per heavy atom. The van der Waals surface area contributed by atoms with E-state index in [9.17, 15) is 4.79 Å². The third-order valence-electron chi connectivity index (χ3n) is 3.32. The molecule has 1 aromatic heterocycles. The van der Waals surface area contributed by atoms with Gasteiger partial charge in [0.15, 0.2) is 5.13 Å². The highest BCUT2D eigenvalue weighted by Crippen LogP contribution is 2.21. The molecule has 3 rings (SSSR count). The zero-order valence-corrected chi connectivity index (χ0v) is 14.6. The summed E-state index contributed by atoms with van der Waals surface area (Å²) in [6.45, 7) is 2.62. The number of nitrogens with zero attached hydrogens (tertiary/aromatic N) is 1. The topological polar surface area (TPSA) is 60.5 Å². The van der Waals surface area contributed by atoms with Gasteiger partial charge in [0.05, 0.1) is 11.3 Å². The first-order valence-corrected chi connectivity index (χ1v) is 8.73. The van der Waals surface area contributed by atoms with E-state index in [0.717, 1.165) is 11.4 Å². The molecule has 0 aliphatic rings. The number of hydrogen-bond acceptors (Lipinski definition) is 5. The Labute approximate surface area is 150 Å². The zero-order valence-electron chi connectivity index (χ0n) is 13.8. The number of rotatable bonds is 7. The third kappa shape index (κ3) is 4.81. The van der Waals surface area contributed by atoms with Gasteiger partial charge in [-0.25, -0.2) is 4.98 Å². The number of amides is 1. The standard InChI is InChI=1S/C19H18N2O3S/c1-14-13-25-19(20-14)21-18(22)16-9-5-6-10-17(16)24-12-11-23-15-7-3-2-4-8-15/h2-10,13H,11-12H2,1H3,(H,20,21,22). The number of carbonyl (C=O) groups excluding carboxylic acids is 1. The van der Waals surface area contributed by atoms with Crippen molar-refractivity contribution >= 4 is 22.4 Å². The number of aromatic nitrogens is 1. The first kappa shape index (κ1) is 17.0. The summed E-state index contributed by atoms with van der Waals surface area (Å²) in [5.74, 6) is 1.06.